The molecule has 1 saturated heterocycles. The highest BCUT2D eigenvalue weighted by Crippen LogP contribution is 2.36. The molecular weight excluding hydrogens is 304 g/mol. The van der Waals surface area contributed by atoms with Crippen LogP contribution in [0.4, 0.5) is 0 Å². The number of amides is 1. The zero-order valence-corrected chi connectivity index (χ0v) is 14.4. The molecule has 4 rings (SSSR count). The van der Waals surface area contributed by atoms with E-state index in [9.17, 15) is 4.79 Å². The van der Waals surface area contributed by atoms with Crippen LogP contribution in [0, 0.1) is 5.92 Å². The number of rotatable bonds is 2. The van der Waals surface area contributed by atoms with Gasteiger partial charge in [-0.1, -0.05) is 12.2 Å². The van der Waals surface area contributed by atoms with E-state index < -0.39 is 0 Å². The second kappa shape index (κ2) is 6.60. The Labute approximate surface area is 142 Å². The summed E-state index contributed by atoms with van der Waals surface area (Å²) in [6.45, 7) is 0.858. The summed E-state index contributed by atoms with van der Waals surface area (Å²) < 4.78 is 0. The number of thiazole rings is 1. The van der Waals surface area contributed by atoms with Crippen LogP contribution in [0.15, 0.2) is 23.2 Å². The average Bonchev–Trinajstić information content (AvgIpc) is 3.11. The lowest BCUT2D eigenvalue weighted by molar-refractivity contribution is 0.0744. The van der Waals surface area contributed by atoms with Gasteiger partial charge in [0.1, 0.15) is 10.7 Å². The van der Waals surface area contributed by atoms with E-state index in [0.29, 0.717) is 11.6 Å². The van der Waals surface area contributed by atoms with Crippen molar-refractivity contribution in [2.24, 2.45) is 5.92 Å². The minimum atomic E-state index is 0.113. The number of allylic oxidation sites excluding steroid dienone is 4. The molecule has 3 nitrogen and oxygen atoms in total. The molecule has 1 aromatic rings. The lowest BCUT2D eigenvalue weighted by Crippen LogP contribution is -2.39. The van der Waals surface area contributed by atoms with Crippen LogP contribution in [-0.4, -0.2) is 22.3 Å². The Hall–Kier alpha value is -1.42. The summed E-state index contributed by atoms with van der Waals surface area (Å²) in [6, 6.07) is 0. The normalized spacial score (nSPS) is 24.7. The zero-order chi connectivity index (χ0) is 15.6. The lowest BCUT2D eigenvalue weighted by atomic mass is 9.85. The van der Waals surface area contributed by atoms with Crippen LogP contribution < -0.4 is 0 Å². The Bertz CT molecular complexity index is 658. The summed E-state index contributed by atoms with van der Waals surface area (Å²) in [6.07, 6.45) is 15.4. The molecule has 4 heteroatoms. The van der Waals surface area contributed by atoms with Crippen molar-refractivity contribution in [2.45, 2.75) is 57.8 Å². The molecule has 2 heterocycles. The predicted molar refractivity (Wildman–Crippen MR) is 94.3 cm³/mol. The van der Waals surface area contributed by atoms with Crippen molar-refractivity contribution in [3.63, 3.8) is 0 Å². The van der Waals surface area contributed by atoms with Gasteiger partial charge in [0.25, 0.3) is 5.91 Å². The first-order valence-electron chi connectivity index (χ1n) is 9.00. The molecule has 1 aromatic heterocycles. The van der Waals surface area contributed by atoms with Crippen molar-refractivity contribution in [3.05, 3.63) is 33.9 Å². The van der Waals surface area contributed by atoms with Crippen molar-refractivity contribution in [1.82, 2.24) is 9.88 Å². The fourth-order valence-electron chi connectivity index (χ4n) is 4.09. The van der Waals surface area contributed by atoms with Crippen molar-refractivity contribution in [2.75, 3.05) is 6.54 Å². The standard InChI is InChI=1S/C19H24N2OS/c22-19(21-12-6-10-14-7-4-5-11-17(14)21)16-13-23-18(20-16)15-8-2-1-3-9-15/h8,11,13-14H,1-7,9-10,12H2. The first kappa shape index (κ1) is 15.1. The Morgan fingerprint density at radius 3 is 2.87 bits per heavy atom. The molecule has 122 valence electrons. The maximum absolute atomic E-state index is 13.0. The van der Waals surface area contributed by atoms with E-state index in [1.807, 2.05) is 10.3 Å². The van der Waals surface area contributed by atoms with Crippen molar-refractivity contribution in [3.8, 4) is 0 Å². The number of fused-ring (bicyclic) bond motifs is 1. The maximum Gasteiger partial charge on any atom is 0.277 e. The van der Waals surface area contributed by atoms with E-state index in [-0.39, 0.29) is 5.91 Å². The molecule has 23 heavy (non-hydrogen) atoms. The van der Waals surface area contributed by atoms with Crippen LogP contribution in [-0.2, 0) is 0 Å². The Balaban J connectivity index is 1.55. The van der Waals surface area contributed by atoms with Crippen LogP contribution in [0.3, 0.4) is 0 Å². The van der Waals surface area contributed by atoms with Crippen molar-refractivity contribution < 1.29 is 4.79 Å². The van der Waals surface area contributed by atoms with Gasteiger partial charge in [-0.15, -0.1) is 11.3 Å². The second-order valence-electron chi connectivity index (χ2n) is 6.87. The largest absolute Gasteiger partial charge is 0.311 e. The van der Waals surface area contributed by atoms with E-state index in [2.05, 4.69) is 17.1 Å². The molecule has 0 radical (unpaired) electrons. The van der Waals surface area contributed by atoms with Gasteiger partial charge in [0.15, 0.2) is 0 Å². The number of carbonyl (C=O) groups excluding carboxylic acids is 1. The zero-order valence-electron chi connectivity index (χ0n) is 13.6. The number of aromatic nitrogens is 1. The van der Waals surface area contributed by atoms with Gasteiger partial charge in [-0.3, -0.25) is 4.79 Å². The molecule has 0 aromatic carbocycles. The molecule has 0 N–H and O–H groups in total. The third-order valence-electron chi connectivity index (χ3n) is 5.31. The fraction of sp³-hybridized carbons (Fsp3) is 0.579. The Kier molecular flexibility index (Phi) is 4.34. The third-order valence-corrected chi connectivity index (χ3v) is 6.23. The number of nitrogens with zero attached hydrogens (tertiary/aromatic N) is 2. The number of hydrogen-bond donors (Lipinski definition) is 0. The number of likely N-dealkylation sites (tertiary alicyclic amines) is 1. The van der Waals surface area contributed by atoms with Gasteiger partial charge in [-0.25, -0.2) is 4.98 Å². The first-order chi connectivity index (χ1) is 11.3. The van der Waals surface area contributed by atoms with Gasteiger partial charge in [-0.2, -0.15) is 0 Å². The molecule has 1 unspecified atom stereocenters. The smallest absolute Gasteiger partial charge is 0.277 e. The van der Waals surface area contributed by atoms with Gasteiger partial charge < -0.3 is 4.90 Å². The number of piperidine rings is 1. The first-order valence-corrected chi connectivity index (χ1v) is 9.88. The molecule has 1 amide bonds. The van der Waals surface area contributed by atoms with Gasteiger partial charge in [0, 0.05) is 17.6 Å². The van der Waals surface area contributed by atoms with Gasteiger partial charge >= 0.3 is 0 Å². The van der Waals surface area contributed by atoms with Gasteiger partial charge in [0.05, 0.1) is 0 Å². The summed E-state index contributed by atoms with van der Waals surface area (Å²) >= 11 is 1.63. The quantitative estimate of drug-likeness (QED) is 0.763. The van der Waals surface area contributed by atoms with Crippen LogP contribution in [0.5, 0.6) is 0 Å². The van der Waals surface area contributed by atoms with E-state index >= 15 is 0 Å². The van der Waals surface area contributed by atoms with Gasteiger partial charge in [0.2, 0.25) is 0 Å². The second-order valence-corrected chi connectivity index (χ2v) is 7.73. The SMILES string of the molecule is O=C(c1csc(C2=CCCCC2)n1)N1CCCC2CCCC=C21. The van der Waals surface area contributed by atoms with E-state index in [1.54, 1.807) is 11.3 Å². The fourth-order valence-corrected chi connectivity index (χ4v) is 4.95. The molecule has 1 aliphatic heterocycles. The summed E-state index contributed by atoms with van der Waals surface area (Å²) in [4.78, 5) is 19.7. The van der Waals surface area contributed by atoms with Crippen molar-refractivity contribution >= 4 is 22.8 Å². The van der Waals surface area contributed by atoms with Crippen LogP contribution in [0.1, 0.15) is 73.3 Å². The van der Waals surface area contributed by atoms with E-state index in [1.165, 1.54) is 43.4 Å². The highest BCUT2D eigenvalue weighted by Gasteiger charge is 2.31. The lowest BCUT2D eigenvalue weighted by Gasteiger charge is -2.37. The summed E-state index contributed by atoms with van der Waals surface area (Å²) in [5, 5.41) is 3.01. The highest BCUT2D eigenvalue weighted by atomic mass is 32.1. The monoisotopic (exact) mass is 328 g/mol. The molecule has 1 atom stereocenters. The molecule has 0 saturated carbocycles. The van der Waals surface area contributed by atoms with Crippen LogP contribution >= 0.6 is 11.3 Å². The molecule has 2 aliphatic carbocycles. The Morgan fingerprint density at radius 1 is 1.13 bits per heavy atom. The minimum Gasteiger partial charge on any atom is -0.311 e. The predicted octanol–water partition coefficient (Wildman–Crippen LogP) is 5.02. The topological polar surface area (TPSA) is 33.2 Å². The van der Waals surface area contributed by atoms with Crippen LogP contribution in [0.25, 0.3) is 5.57 Å². The molecule has 3 aliphatic rings. The third kappa shape index (κ3) is 3.01. The number of hydrogen-bond acceptors (Lipinski definition) is 3. The summed E-state index contributed by atoms with van der Waals surface area (Å²) in [7, 11) is 0. The molecule has 1 fully saturated rings. The Morgan fingerprint density at radius 2 is 2.00 bits per heavy atom. The summed E-state index contributed by atoms with van der Waals surface area (Å²) in [5.41, 5.74) is 3.26. The van der Waals surface area contributed by atoms with Crippen LogP contribution in [0.2, 0.25) is 0 Å². The highest BCUT2D eigenvalue weighted by molar-refractivity contribution is 7.11. The summed E-state index contributed by atoms with van der Waals surface area (Å²) in [5.74, 6) is 0.711. The molecule has 0 bridgehead atoms. The molecule has 0 spiro atoms. The minimum absolute atomic E-state index is 0.113. The number of carbonyl (C=O) groups is 1. The van der Waals surface area contributed by atoms with E-state index in [0.717, 1.165) is 37.2 Å². The molecular formula is C19H24N2OS. The average molecular weight is 328 g/mol. The van der Waals surface area contributed by atoms with Crippen molar-refractivity contribution in [1.29, 1.82) is 0 Å². The van der Waals surface area contributed by atoms with E-state index in [4.69, 9.17) is 0 Å². The maximum atomic E-state index is 13.0. The van der Waals surface area contributed by atoms with Gasteiger partial charge in [-0.05, 0) is 69.3 Å².